The molecule has 1 N–H and O–H groups in total. The summed E-state index contributed by atoms with van der Waals surface area (Å²) >= 11 is 0. The first kappa shape index (κ1) is 20.1. The van der Waals surface area contributed by atoms with E-state index in [2.05, 4.69) is 4.98 Å². The summed E-state index contributed by atoms with van der Waals surface area (Å²) in [5.74, 6) is 0.187. The molecule has 3 aromatic rings. The molecule has 0 unspecified atom stereocenters. The summed E-state index contributed by atoms with van der Waals surface area (Å²) in [6.45, 7) is 3.93. The molecule has 0 spiro atoms. The monoisotopic (exact) mass is 430 g/mol. The number of likely N-dealkylation sites (tertiary alicyclic amines) is 1. The van der Waals surface area contributed by atoms with Crippen LogP contribution in [0.25, 0.3) is 5.76 Å². The Labute approximate surface area is 184 Å². The van der Waals surface area contributed by atoms with Gasteiger partial charge in [-0.15, -0.1) is 0 Å². The number of pyridine rings is 1. The van der Waals surface area contributed by atoms with Gasteiger partial charge in [-0.3, -0.25) is 14.6 Å². The molecular formula is C25H22N2O5. The standard InChI is InChI=1S/C25H22N2O5/c1-14-5-7-20(31-14)22-21(23(28)17-6-8-19-18(11-17)10-15(2)32-19)24(29)25(30)27(22)13-16-4-3-9-26-12-16/h3-9,11-12,15,22,28H,10,13H2,1-2H3/t15-,22-/m0/s1. The molecular weight excluding hydrogens is 408 g/mol. The maximum absolute atomic E-state index is 13.1. The van der Waals surface area contributed by atoms with Gasteiger partial charge in [-0.2, -0.15) is 0 Å². The Bertz CT molecular complexity index is 1240. The lowest BCUT2D eigenvalue weighted by Crippen LogP contribution is -2.29. The maximum Gasteiger partial charge on any atom is 0.296 e. The van der Waals surface area contributed by atoms with Crippen molar-refractivity contribution in [3.63, 3.8) is 0 Å². The number of ether oxygens (including phenoxy) is 1. The molecule has 0 aliphatic carbocycles. The number of nitrogens with zero attached hydrogens (tertiary/aromatic N) is 2. The molecule has 4 heterocycles. The number of fused-ring (bicyclic) bond motifs is 1. The van der Waals surface area contributed by atoms with Crippen LogP contribution >= 0.6 is 0 Å². The highest BCUT2D eigenvalue weighted by Crippen LogP contribution is 2.41. The number of hydrogen-bond donors (Lipinski definition) is 1. The molecule has 1 aromatic carbocycles. The van der Waals surface area contributed by atoms with Gasteiger partial charge >= 0.3 is 0 Å². The van der Waals surface area contributed by atoms with Crippen LogP contribution < -0.4 is 4.74 Å². The highest BCUT2D eigenvalue weighted by molar-refractivity contribution is 6.46. The number of rotatable bonds is 4. The fourth-order valence-electron chi connectivity index (χ4n) is 4.35. The lowest BCUT2D eigenvalue weighted by atomic mass is 9.97. The zero-order valence-electron chi connectivity index (χ0n) is 17.7. The molecule has 2 aliphatic rings. The molecule has 2 aromatic heterocycles. The lowest BCUT2D eigenvalue weighted by molar-refractivity contribution is -0.140. The van der Waals surface area contributed by atoms with Gasteiger partial charge < -0.3 is 19.2 Å². The zero-order valence-corrected chi connectivity index (χ0v) is 17.7. The third-order valence-corrected chi connectivity index (χ3v) is 5.82. The largest absolute Gasteiger partial charge is 0.507 e. The quantitative estimate of drug-likeness (QED) is 0.383. The number of benzene rings is 1. The van der Waals surface area contributed by atoms with Gasteiger partial charge in [0.1, 0.15) is 35.2 Å². The van der Waals surface area contributed by atoms with Crippen molar-refractivity contribution in [3.05, 3.63) is 88.6 Å². The van der Waals surface area contributed by atoms with Crippen LogP contribution in [0.4, 0.5) is 0 Å². The molecule has 32 heavy (non-hydrogen) atoms. The minimum absolute atomic E-state index is 0.0140. The van der Waals surface area contributed by atoms with Gasteiger partial charge in [0.25, 0.3) is 11.7 Å². The number of aromatic nitrogens is 1. The van der Waals surface area contributed by atoms with Crippen LogP contribution in [0.5, 0.6) is 5.75 Å². The van der Waals surface area contributed by atoms with Crippen molar-refractivity contribution in [1.29, 1.82) is 0 Å². The van der Waals surface area contributed by atoms with E-state index < -0.39 is 17.7 Å². The summed E-state index contributed by atoms with van der Waals surface area (Å²) in [6.07, 6.45) is 4.06. The molecule has 1 saturated heterocycles. The molecule has 1 fully saturated rings. The van der Waals surface area contributed by atoms with Gasteiger partial charge in [0, 0.05) is 30.9 Å². The van der Waals surface area contributed by atoms with E-state index in [0.29, 0.717) is 23.5 Å². The number of hydrogen-bond acceptors (Lipinski definition) is 6. The van der Waals surface area contributed by atoms with Crippen molar-refractivity contribution in [1.82, 2.24) is 9.88 Å². The van der Waals surface area contributed by atoms with Crippen molar-refractivity contribution >= 4 is 17.4 Å². The van der Waals surface area contributed by atoms with Crippen LogP contribution in [0.3, 0.4) is 0 Å². The van der Waals surface area contributed by atoms with Crippen molar-refractivity contribution in [2.75, 3.05) is 0 Å². The number of Topliss-reactive ketones (excluding diaryl/α,β-unsaturated/α-hetero) is 1. The molecule has 2 aliphatic heterocycles. The average Bonchev–Trinajstić information content (AvgIpc) is 3.44. The van der Waals surface area contributed by atoms with Crippen molar-refractivity contribution in [2.24, 2.45) is 0 Å². The van der Waals surface area contributed by atoms with E-state index in [1.54, 1.807) is 49.6 Å². The number of aryl methyl sites for hydroxylation is 1. The Kier molecular flexibility index (Phi) is 4.81. The normalized spacial score (nSPS) is 21.6. The molecule has 0 bridgehead atoms. The van der Waals surface area contributed by atoms with E-state index in [9.17, 15) is 14.7 Å². The number of carbonyl (C=O) groups is 2. The Morgan fingerprint density at radius 3 is 2.78 bits per heavy atom. The van der Waals surface area contributed by atoms with Crippen LogP contribution in [0.1, 0.15) is 41.2 Å². The van der Waals surface area contributed by atoms with E-state index in [-0.39, 0.29) is 24.0 Å². The number of ketones is 1. The third-order valence-electron chi connectivity index (χ3n) is 5.82. The molecule has 162 valence electrons. The zero-order chi connectivity index (χ0) is 22.4. The van der Waals surface area contributed by atoms with Crippen LogP contribution in [-0.4, -0.2) is 32.8 Å². The maximum atomic E-state index is 13.1. The first-order valence-corrected chi connectivity index (χ1v) is 10.5. The second-order valence-electron chi connectivity index (χ2n) is 8.19. The third kappa shape index (κ3) is 3.36. The Morgan fingerprint density at radius 2 is 2.06 bits per heavy atom. The lowest BCUT2D eigenvalue weighted by Gasteiger charge is -2.23. The molecule has 0 radical (unpaired) electrons. The fraction of sp³-hybridized carbons (Fsp3) is 0.240. The molecule has 2 atom stereocenters. The first-order chi connectivity index (χ1) is 15.4. The predicted molar refractivity (Wildman–Crippen MR) is 116 cm³/mol. The minimum Gasteiger partial charge on any atom is -0.507 e. The fourth-order valence-corrected chi connectivity index (χ4v) is 4.35. The smallest absolute Gasteiger partial charge is 0.296 e. The van der Waals surface area contributed by atoms with Crippen LogP contribution in [-0.2, 0) is 22.6 Å². The summed E-state index contributed by atoms with van der Waals surface area (Å²) in [5.41, 5.74) is 2.21. The number of carbonyl (C=O) groups excluding carboxylic acids is 2. The highest BCUT2D eigenvalue weighted by Gasteiger charge is 2.47. The molecule has 1 amide bonds. The average molecular weight is 430 g/mol. The number of furan rings is 1. The van der Waals surface area contributed by atoms with Gasteiger partial charge in [-0.05, 0) is 61.4 Å². The second kappa shape index (κ2) is 7.67. The van der Waals surface area contributed by atoms with Gasteiger partial charge in [-0.1, -0.05) is 6.07 Å². The first-order valence-electron chi connectivity index (χ1n) is 10.5. The van der Waals surface area contributed by atoms with Gasteiger partial charge in [0.05, 0.1) is 5.57 Å². The van der Waals surface area contributed by atoms with Crippen LogP contribution in [0.15, 0.2) is 64.8 Å². The SMILES string of the molecule is Cc1ccc([C@H]2C(=C(O)c3ccc4c(c3)C[C@H](C)O4)C(=O)C(=O)N2Cc2cccnc2)o1. The Balaban J connectivity index is 1.62. The van der Waals surface area contributed by atoms with Crippen molar-refractivity contribution < 1.29 is 23.8 Å². The van der Waals surface area contributed by atoms with Crippen molar-refractivity contribution in [3.8, 4) is 5.75 Å². The van der Waals surface area contributed by atoms with E-state index in [0.717, 1.165) is 16.9 Å². The Morgan fingerprint density at radius 1 is 1.22 bits per heavy atom. The molecule has 0 saturated carbocycles. The molecule has 7 heteroatoms. The summed E-state index contributed by atoms with van der Waals surface area (Å²) in [4.78, 5) is 31.6. The van der Waals surface area contributed by atoms with Crippen molar-refractivity contribution in [2.45, 2.75) is 39.0 Å². The van der Waals surface area contributed by atoms with Crippen LogP contribution in [0, 0.1) is 6.92 Å². The van der Waals surface area contributed by atoms with E-state index >= 15 is 0 Å². The summed E-state index contributed by atoms with van der Waals surface area (Å²) in [6, 6.07) is 11.6. The molecule has 7 nitrogen and oxygen atoms in total. The summed E-state index contributed by atoms with van der Waals surface area (Å²) in [5, 5.41) is 11.2. The van der Waals surface area contributed by atoms with E-state index in [4.69, 9.17) is 9.15 Å². The number of aliphatic hydroxyl groups is 1. The number of aliphatic hydroxyl groups excluding tert-OH is 1. The minimum atomic E-state index is -0.840. The van der Waals surface area contributed by atoms with E-state index in [1.165, 1.54) is 4.90 Å². The van der Waals surface area contributed by atoms with Gasteiger partial charge in [0.15, 0.2) is 0 Å². The highest BCUT2D eigenvalue weighted by atomic mass is 16.5. The summed E-state index contributed by atoms with van der Waals surface area (Å²) < 4.78 is 11.5. The topological polar surface area (TPSA) is 92.9 Å². The van der Waals surface area contributed by atoms with Gasteiger partial charge in [0.2, 0.25) is 0 Å². The summed E-state index contributed by atoms with van der Waals surface area (Å²) in [7, 11) is 0. The van der Waals surface area contributed by atoms with Crippen LogP contribution in [0.2, 0.25) is 0 Å². The molecule has 5 rings (SSSR count). The predicted octanol–water partition coefficient (Wildman–Crippen LogP) is 3.93. The van der Waals surface area contributed by atoms with Gasteiger partial charge in [-0.25, -0.2) is 0 Å². The Hall–Kier alpha value is -3.87. The second-order valence-corrected chi connectivity index (χ2v) is 8.19. The number of amides is 1. The van der Waals surface area contributed by atoms with E-state index in [1.807, 2.05) is 19.1 Å².